The number of hydrogen-bond acceptors (Lipinski definition) is 4. The molecule has 0 unspecified atom stereocenters. The second-order valence-electron chi connectivity index (χ2n) is 3.12. The molecule has 0 radical (unpaired) electrons. The van der Waals surface area contributed by atoms with Crippen LogP contribution in [-0.2, 0) is 5.66 Å². The summed E-state index contributed by atoms with van der Waals surface area (Å²) < 4.78 is 37.2. The van der Waals surface area contributed by atoms with E-state index in [4.69, 9.17) is 0 Å². The molecule has 84 valence electrons. The highest BCUT2D eigenvalue weighted by Crippen LogP contribution is 2.52. The van der Waals surface area contributed by atoms with E-state index in [0.717, 1.165) is 0 Å². The summed E-state index contributed by atoms with van der Waals surface area (Å²) in [5.74, 6) is 0. The molecule has 0 amide bonds. The van der Waals surface area contributed by atoms with E-state index < -0.39 is 11.8 Å². The Hall–Kier alpha value is -1.92. The first-order chi connectivity index (χ1) is 7.56. The molecular weight excluding hydrogens is 221 g/mol. The van der Waals surface area contributed by atoms with Crippen molar-refractivity contribution >= 4 is 6.34 Å². The molecule has 1 N–H and O–H groups in total. The molecule has 0 aliphatic carbocycles. The Labute approximate surface area is 88.9 Å². The summed E-state index contributed by atoms with van der Waals surface area (Å²) in [7, 11) is 0. The van der Waals surface area contributed by atoms with Crippen LogP contribution in [0, 0.1) is 0 Å². The molecule has 2 aliphatic rings. The lowest BCUT2D eigenvalue weighted by molar-refractivity contribution is -0.166. The van der Waals surface area contributed by atoms with Gasteiger partial charge in [0.05, 0.1) is 0 Å². The lowest BCUT2D eigenvalue weighted by Crippen LogP contribution is -2.29. The Kier molecular flexibility index (Phi) is 2.37. The van der Waals surface area contributed by atoms with Gasteiger partial charge in [-0.25, -0.2) is 0 Å². The Morgan fingerprint density at radius 2 is 1.56 bits per heavy atom. The molecule has 0 atom stereocenters. The number of hydrogen-bond donors (Lipinski definition) is 1. The summed E-state index contributed by atoms with van der Waals surface area (Å²) in [6.07, 6.45) is -2.80. The summed E-state index contributed by atoms with van der Waals surface area (Å²) in [6.45, 7) is 0. The monoisotopic (exact) mass is 228 g/mol. The van der Waals surface area contributed by atoms with Gasteiger partial charge in [0.1, 0.15) is 6.34 Å². The third kappa shape index (κ3) is 2.02. The molecule has 0 spiro atoms. The van der Waals surface area contributed by atoms with Gasteiger partial charge in [-0.05, 0) is 0 Å². The fourth-order valence-corrected chi connectivity index (χ4v) is 1.11. The molecule has 0 bridgehead atoms. The highest BCUT2D eigenvalue weighted by molar-refractivity contribution is 5.64. The number of nitrogens with zero attached hydrogens (tertiary/aromatic N) is 3. The van der Waals surface area contributed by atoms with Gasteiger partial charge in [0.25, 0.3) is 0 Å². The molecule has 4 nitrogen and oxygen atoms in total. The molecule has 7 heteroatoms. The van der Waals surface area contributed by atoms with Crippen LogP contribution in [0.15, 0.2) is 45.7 Å². The van der Waals surface area contributed by atoms with Gasteiger partial charge in [0.15, 0.2) is 0 Å². The van der Waals surface area contributed by atoms with Gasteiger partial charge in [-0.15, -0.1) is 10.2 Å². The van der Waals surface area contributed by atoms with Crippen molar-refractivity contribution in [1.82, 2.24) is 5.43 Å². The van der Waals surface area contributed by atoms with Crippen molar-refractivity contribution in [3.8, 4) is 0 Å². The quantitative estimate of drug-likeness (QED) is 0.788. The molecule has 1 aromatic carbocycles. The molecule has 0 aromatic heterocycles. The van der Waals surface area contributed by atoms with Crippen LogP contribution in [0.2, 0.25) is 0 Å². The maximum Gasteiger partial charge on any atom is 0.442 e. The predicted molar refractivity (Wildman–Crippen MR) is 50.7 cm³/mol. The summed E-state index contributed by atoms with van der Waals surface area (Å²) in [5.41, 5.74) is 0.302. The first-order valence-corrected chi connectivity index (χ1v) is 4.40. The lowest BCUT2D eigenvalue weighted by atomic mass is 10.0. The van der Waals surface area contributed by atoms with Crippen LogP contribution in [-0.4, -0.2) is 12.5 Å². The van der Waals surface area contributed by atoms with Crippen molar-refractivity contribution in [3.05, 3.63) is 35.9 Å². The SMILES string of the molecule is C1=NN1.FC(F)(F)C1(c2ccccc2)N=N1. The zero-order valence-electron chi connectivity index (χ0n) is 7.94. The highest BCUT2D eigenvalue weighted by Gasteiger charge is 2.65. The van der Waals surface area contributed by atoms with Crippen molar-refractivity contribution in [3.63, 3.8) is 0 Å². The smallest absolute Gasteiger partial charge is 0.265 e. The normalized spacial score (nSPS) is 18.2. The molecule has 16 heavy (non-hydrogen) atoms. The van der Waals surface area contributed by atoms with E-state index in [2.05, 4.69) is 20.8 Å². The molecule has 0 saturated carbocycles. The molecular formula is C9H7F3N4. The Morgan fingerprint density at radius 3 is 1.88 bits per heavy atom. The number of hydrazone groups is 1. The first kappa shape index (κ1) is 10.6. The topological polar surface area (TPSA) is 59.0 Å². The van der Waals surface area contributed by atoms with Crippen LogP contribution in [0.5, 0.6) is 0 Å². The van der Waals surface area contributed by atoms with Gasteiger partial charge in [0.2, 0.25) is 0 Å². The third-order valence-corrected chi connectivity index (χ3v) is 2.00. The highest BCUT2D eigenvalue weighted by atomic mass is 19.4. The summed E-state index contributed by atoms with van der Waals surface area (Å²) in [5, 5.41) is 9.53. The van der Waals surface area contributed by atoms with Crippen LogP contribution in [0.3, 0.4) is 0 Å². The minimum Gasteiger partial charge on any atom is -0.265 e. The van der Waals surface area contributed by atoms with E-state index in [1.807, 2.05) is 0 Å². The van der Waals surface area contributed by atoms with Crippen molar-refractivity contribution in [2.45, 2.75) is 11.8 Å². The number of rotatable bonds is 1. The fraction of sp³-hybridized carbons (Fsp3) is 0.222. The Morgan fingerprint density at radius 1 is 1.06 bits per heavy atom. The minimum atomic E-state index is -4.42. The maximum absolute atomic E-state index is 12.4. The summed E-state index contributed by atoms with van der Waals surface area (Å²) in [4.78, 5) is 0. The molecule has 2 aliphatic heterocycles. The van der Waals surface area contributed by atoms with Crippen LogP contribution >= 0.6 is 0 Å². The predicted octanol–water partition coefficient (Wildman–Crippen LogP) is 2.40. The zero-order valence-corrected chi connectivity index (χ0v) is 7.94. The fourth-order valence-electron chi connectivity index (χ4n) is 1.11. The van der Waals surface area contributed by atoms with Gasteiger partial charge in [-0.2, -0.15) is 18.3 Å². The average molecular weight is 228 g/mol. The van der Waals surface area contributed by atoms with Crippen LogP contribution in [0.4, 0.5) is 13.2 Å². The third-order valence-electron chi connectivity index (χ3n) is 2.00. The summed E-state index contributed by atoms with van der Waals surface area (Å²) >= 11 is 0. The zero-order chi connectivity index (χ0) is 11.6. The van der Waals surface area contributed by atoms with E-state index in [-0.39, 0.29) is 5.56 Å². The Balaban J connectivity index is 0.000000278. The number of alkyl halides is 3. The molecule has 3 rings (SSSR count). The van der Waals surface area contributed by atoms with Crippen LogP contribution < -0.4 is 5.43 Å². The number of halogens is 3. The second kappa shape index (κ2) is 3.58. The maximum atomic E-state index is 12.4. The van der Waals surface area contributed by atoms with Crippen LogP contribution in [0.25, 0.3) is 0 Å². The van der Waals surface area contributed by atoms with Gasteiger partial charge in [-0.1, -0.05) is 30.3 Å². The van der Waals surface area contributed by atoms with E-state index in [1.54, 1.807) is 12.4 Å². The van der Waals surface area contributed by atoms with Crippen molar-refractivity contribution in [1.29, 1.82) is 0 Å². The average Bonchev–Trinajstić information content (AvgIpc) is 3.09. The standard InChI is InChI=1S/C8H5F3N2.CH2N2/c9-8(10,11)7(12-13-7)6-4-2-1-3-5-6;1-2-3-1/h1-5H;1H,(H,2,3). The Bertz CT molecular complexity index is 414. The minimum absolute atomic E-state index is 0.0718. The lowest BCUT2D eigenvalue weighted by Gasteiger charge is -2.13. The first-order valence-electron chi connectivity index (χ1n) is 4.40. The largest absolute Gasteiger partial charge is 0.442 e. The van der Waals surface area contributed by atoms with Crippen molar-refractivity contribution < 1.29 is 13.2 Å². The van der Waals surface area contributed by atoms with Gasteiger partial charge in [0, 0.05) is 5.56 Å². The number of benzene rings is 1. The van der Waals surface area contributed by atoms with Gasteiger partial charge in [-0.3, -0.25) is 5.43 Å². The molecule has 0 saturated heterocycles. The van der Waals surface area contributed by atoms with Gasteiger partial charge >= 0.3 is 11.8 Å². The molecule has 2 heterocycles. The molecule has 0 fully saturated rings. The summed E-state index contributed by atoms with van der Waals surface area (Å²) in [6, 6.07) is 7.45. The number of nitrogens with one attached hydrogen (secondary N) is 1. The van der Waals surface area contributed by atoms with Crippen LogP contribution in [0.1, 0.15) is 5.56 Å². The van der Waals surface area contributed by atoms with Crippen molar-refractivity contribution in [2.75, 3.05) is 0 Å². The van der Waals surface area contributed by atoms with E-state index in [1.165, 1.54) is 24.3 Å². The molecule has 1 aromatic rings. The van der Waals surface area contributed by atoms with E-state index in [0.29, 0.717) is 0 Å². The van der Waals surface area contributed by atoms with E-state index in [9.17, 15) is 13.2 Å². The van der Waals surface area contributed by atoms with Crippen molar-refractivity contribution in [2.24, 2.45) is 15.3 Å². The van der Waals surface area contributed by atoms with E-state index >= 15 is 0 Å². The van der Waals surface area contributed by atoms with Gasteiger partial charge < -0.3 is 0 Å². The second-order valence-corrected chi connectivity index (χ2v) is 3.12.